The number of benzene rings is 3. The van der Waals surface area contributed by atoms with Crippen molar-refractivity contribution in [3.63, 3.8) is 0 Å². The molecule has 0 radical (unpaired) electrons. The number of methoxy groups -OCH3 is 1. The molecule has 6 nitrogen and oxygen atoms in total. The van der Waals surface area contributed by atoms with Crippen LogP contribution in [0.25, 0.3) is 0 Å². The van der Waals surface area contributed by atoms with Crippen LogP contribution in [0.3, 0.4) is 0 Å². The number of hydrogen-bond acceptors (Lipinski definition) is 6. The number of sulfone groups is 1. The van der Waals surface area contributed by atoms with Crippen molar-refractivity contribution in [2.24, 2.45) is 0 Å². The Morgan fingerprint density at radius 1 is 1.03 bits per heavy atom. The number of esters is 1. The standard InChI is InChI=1S/C27H24O6S/c1-31-27(28)15-22-18-33-26-16-23(10-13-25(22)26)32-17-21-5-3-4-20(14-21)7-6-19-8-11-24(12-9-19)34(2,29)30/h3-5,8-14,16,22H,15,17-18H2,1-2H3. The van der Waals surface area contributed by atoms with Gasteiger partial charge in [-0.2, -0.15) is 0 Å². The molecule has 0 saturated carbocycles. The van der Waals surface area contributed by atoms with Gasteiger partial charge in [0.25, 0.3) is 0 Å². The molecular weight excluding hydrogens is 452 g/mol. The highest BCUT2D eigenvalue weighted by Crippen LogP contribution is 2.38. The van der Waals surface area contributed by atoms with Crippen molar-refractivity contribution in [3.05, 3.63) is 89.0 Å². The first-order valence-corrected chi connectivity index (χ1v) is 12.6. The van der Waals surface area contributed by atoms with E-state index in [1.54, 1.807) is 24.3 Å². The van der Waals surface area contributed by atoms with E-state index >= 15 is 0 Å². The van der Waals surface area contributed by atoms with Gasteiger partial charge in [-0.25, -0.2) is 8.42 Å². The van der Waals surface area contributed by atoms with Crippen LogP contribution in [-0.2, 0) is 26.0 Å². The molecule has 3 aromatic carbocycles. The van der Waals surface area contributed by atoms with Gasteiger partial charge in [-0.1, -0.05) is 30.0 Å². The molecule has 0 spiro atoms. The summed E-state index contributed by atoms with van der Waals surface area (Å²) in [6.07, 6.45) is 1.47. The third-order valence-corrected chi connectivity index (χ3v) is 6.60. The fourth-order valence-electron chi connectivity index (χ4n) is 3.64. The van der Waals surface area contributed by atoms with Gasteiger partial charge in [0.15, 0.2) is 9.84 Å². The summed E-state index contributed by atoms with van der Waals surface area (Å²) in [6.45, 7) is 0.814. The average Bonchev–Trinajstić information content (AvgIpc) is 3.23. The summed E-state index contributed by atoms with van der Waals surface area (Å²) in [4.78, 5) is 11.8. The van der Waals surface area contributed by atoms with Crippen LogP contribution >= 0.6 is 0 Å². The maximum atomic E-state index is 11.6. The van der Waals surface area contributed by atoms with Crippen molar-refractivity contribution >= 4 is 15.8 Å². The molecule has 1 aliphatic rings. The van der Waals surface area contributed by atoms with E-state index in [9.17, 15) is 13.2 Å². The van der Waals surface area contributed by atoms with Crippen LogP contribution in [0.15, 0.2) is 71.6 Å². The predicted molar refractivity (Wildman–Crippen MR) is 128 cm³/mol. The summed E-state index contributed by atoms with van der Waals surface area (Å²) < 4.78 is 39.6. The summed E-state index contributed by atoms with van der Waals surface area (Å²) >= 11 is 0. The van der Waals surface area contributed by atoms with Gasteiger partial charge in [-0.3, -0.25) is 4.79 Å². The van der Waals surface area contributed by atoms with Crippen molar-refractivity contribution in [2.75, 3.05) is 20.0 Å². The summed E-state index contributed by atoms with van der Waals surface area (Å²) in [5.41, 5.74) is 3.51. The van der Waals surface area contributed by atoms with E-state index in [0.717, 1.165) is 28.0 Å². The highest BCUT2D eigenvalue weighted by atomic mass is 32.2. The van der Waals surface area contributed by atoms with Crippen molar-refractivity contribution in [2.45, 2.75) is 23.8 Å². The van der Waals surface area contributed by atoms with E-state index in [1.807, 2.05) is 42.5 Å². The van der Waals surface area contributed by atoms with Gasteiger partial charge in [-0.05, 0) is 48.0 Å². The van der Waals surface area contributed by atoms with Gasteiger partial charge in [0.2, 0.25) is 0 Å². The lowest BCUT2D eigenvalue weighted by Crippen LogP contribution is -2.09. The van der Waals surface area contributed by atoms with E-state index in [0.29, 0.717) is 25.4 Å². The lowest BCUT2D eigenvalue weighted by molar-refractivity contribution is -0.141. The van der Waals surface area contributed by atoms with Gasteiger partial charge in [0, 0.05) is 34.9 Å². The normalized spacial score (nSPS) is 14.4. The lowest BCUT2D eigenvalue weighted by atomic mass is 9.98. The number of ether oxygens (including phenoxy) is 3. The van der Waals surface area contributed by atoms with Crippen molar-refractivity contribution in [3.8, 4) is 23.3 Å². The molecule has 0 saturated heterocycles. The average molecular weight is 477 g/mol. The molecule has 1 heterocycles. The Kier molecular flexibility index (Phi) is 6.90. The van der Waals surface area contributed by atoms with Crippen LogP contribution in [0, 0.1) is 11.8 Å². The molecular formula is C27H24O6S. The molecule has 3 aromatic rings. The Balaban J connectivity index is 1.39. The zero-order chi connectivity index (χ0) is 24.1. The van der Waals surface area contributed by atoms with Crippen molar-refractivity contribution in [1.82, 2.24) is 0 Å². The highest BCUT2D eigenvalue weighted by Gasteiger charge is 2.27. The minimum Gasteiger partial charge on any atom is -0.492 e. The maximum Gasteiger partial charge on any atom is 0.306 e. The first-order valence-electron chi connectivity index (χ1n) is 10.7. The predicted octanol–water partition coefficient (Wildman–Crippen LogP) is 4.11. The first kappa shape index (κ1) is 23.4. The second kappa shape index (κ2) is 10.0. The smallest absolute Gasteiger partial charge is 0.306 e. The Bertz CT molecular complexity index is 1360. The molecule has 1 aliphatic heterocycles. The molecule has 174 valence electrons. The van der Waals surface area contributed by atoms with E-state index in [-0.39, 0.29) is 16.8 Å². The van der Waals surface area contributed by atoms with Crippen LogP contribution < -0.4 is 9.47 Å². The third-order valence-electron chi connectivity index (χ3n) is 5.47. The zero-order valence-corrected chi connectivity index (χ0v) is 19.7. The monoisotopic (exact) mass is 476 g/mol. The topological polar surface area (TPSA) is 78.9 Å². The Labute approximate surface area is 199 Å². The summed E-state index contributed by atoms with van der Waals surface area (Å²) in [7, 11) is -1.84. The Morgan fingerprint density at radius 2 is 1.79 bits per heavy atom. The molecule has 7 heteroatoms. The van der Waals surface area contributed by atoms with Crippen LogP contribution in [0.2, 0.25) is 0 Å². The molecule has 0 bridgehead atoms. The fraction of sp³-hybridized carbons (Fsp3) is 0.222. The molecule has 4 rings (SSSR count). The minimum atomic E-state index is -3.22. The summed E-state index contributed by atoms with van der Waals surface area (Å²) in [5, 5.41) is 0. The summed E-state index contributed by atoms with van der Waals surface area (Å²) in [5.74, 6) is 7.31. The van der Waals surface area contributed by atoms with Crippen molar-refractivity contribution < 1.29 is 27.4 Å². The molecule has 0 aromatic heterocycles. The molecule has 0 N–H and O–H groups in total. The van der Waals surface area contributed by atoms with Gasteiger partial charge in [0.1, 0.15) is 18.1 Å². The molecule has 0 amide bonds. The third kappa shape index (κ3) is 5.77. The van der Waals surface area contributed by atoms with E-state index in [1.165, 1.54) is 13.4 Å². The van der Waals surface area contributed by atoms with E-state index in [2.05, 4.69) is 11.8 Å². The largest absolute Gasteiger partial charge is 0.492 e. The van der Waals surface area contributed by atoms with Gasteiger partial charge < -0.3 is 14.2 Å². The zero-order valence-electron chi connectivity index (χ0n) is 18.9. The van der Waals surface area contributed by atoms with Crippen molar-refractivity contribution in [1.29, 1.82) is 0 Å². The number of hydrogen-bond donors (Lipinski definition) is 0. The second-order valence-electron chi connectivity index (χ2n) is 8.02. The Hall–Kier alpha value is -3.76. The SMILES string of the molecule is COC(=O)CC1COc2cc(OCc3cccc(C#Cc4ccc(S(C)(=O)=O)cc4)c3)ccc21. The van der Waals surface area contributed by atoms with Gasteiger partial charge in [-0.15, -0.1) is 0 Å². The molecule has 34 heavy (non-hydrogen) atoms. The molecule has 0 fully saturated rings. The molecule has 1 unspecified atom stereocenters. The van der Waals surface area contributed by atoms with Gasteiger partial charge >= 0.3 is 5.97 Å². The minimum absolute atomic E-state index is 0.00525. The van der Waals surface area contributed by atoms with E-state index < -0.39 is 9.84 Å². The van der Waals surface area contributed by atoms with Crippen LogP contribution in [0.5, 0.6) is 11.5 Å². The molecule has 0 aliphatic carbocycles. The Morgan fingerprint density at radius 3 is 2.53 bits per heavy atom. The second-order valence-corrected chi connectivity index (χ2v) is 10.0. The van der Waals surface area contributed by atoms with Crippen LogP contribution in [-0.4, -0.2) is 34.4 Å². The lowest BCUT2D eigenvalue weighted by Gasteiger charge is -2.09. The van der Waals surface area contributed by atoms with Crippen LogP contribution in [0.4, 0.5) is 0 Å². The highest BCUT2D eigenvalue weighted by molar-refractivity contribution is 7.90. The van der Waals surface area contributed by atoms with Crippen LogP contribution in [0.1, 0.15) is 34.6 Å². The number of carbonyl (C=O) groups is 1. The fourth-order valence-corrected chi connectivity index (χ4v) is 4.27. The first-order chi connectivity index (χ1) is 16.3. The number of fused-ring (bicyclic) bond motifs is 1. The summed E-state index contributed by atoms with van der Waals surface area (Å²) in [6, 6.07) is 19.9. The number of rotatable bonds is 6. The molecule has 1 atom stereocenters. The quantitative estimate of drug-likeness (QED) is 0.394. The maximum absolute atomic E-state index is 11.6. The van der Waals surface area contributed by atoms with E-state index in [4.69, 9.17) is 14.2 Å². The van der Waals surface area contributed by atoms with Gasteiger partial charge in [0.05, 0.1) is 25.0 Å². The number of carbonyl (C=O) groups excluding carboxylic acids is 1.